The van der Waals surface area contributed by atoms with Crippen molar-refractivity contribution in [1.29, 1.82) is 0 Å². The van der Waals surface area contributed by atoms with Gasteiger partial charge in [-0.15, -0.1) is 5.11 Å². The molecule has 1 amide bonds. The molecule has 0 radical (unpaired) electrons. The topological polar surface area (TPSA) is 79.8 Å². The fraction of sp³-hybridized carbons (Fsp3) is 0.250. The van der Waals surface area contributed by atoms with Gasteiger partial charge in [-0.2, -0.15) is 5.11 Å². The van der Waals surface area contributed by atoms with E-state index in [2.05, 4.69) is 35.5 Å². The van der Waals surface area contributed by atoms with E-state index in [0.717, 1.165) is 23.1 Å². The van der Waals surface area contributed by atoms with E-state index >= 15 is 0 Å². The maximum atomic E-state index is 12.1. The molecule has 0 fully saturated rings. The van der Waals surface area contributed by atoms with Crippen LogP contribution in [-0.2, 0) is 11.2 Å². The maximum absolute atomic E-state index is 12.1. The van der Waals surface area contributed by atoms with Crippen LogP contribution >= 0.6 is 0 Å². The van der Waals surface area contributed by atoms with Gasteiger partial charge in [0.05, 0.1) is 11.4 Å². The van der Waals surface area contributed by atoms with Crippen molar-refractivity contribution < 1.29 is 4.79 Å². The van der Waals surface area contributed by atoms with Gasteiger partial charge < -0.3 is 11.1 Å². The summed E-state index contributed by atoms with van der Waals surface area (Å²) in [5, 5.41) is 11.8. The largest absolute Gasteiger partial charge is 0.377 e. The summed E-state index contributed by atoms with van der Waals surface area (Å²) in [7, 11) is 0. The summed E-state index contributed by atoms with van der Waals surface area (Å²) in [6.45, 7) is 6.15. The van der Waals surface area contributed by atoms with E-state index in [0.29, 0.717) is 11.4 Å². The first-order valence-corrected chi connectivity index (χ1v) is 8.25. The first-order valence-electron chi connectivity index (χ1n) is 8.25. The highest BCUT2D eigenvalue weighted by Gasteiger charge is 2.30. The number of fused-ring (bicyclic) bond motifs is 1. The maximum Gasteiger partial charge on any atom is 0.271 e. The average Bonchev–Trinajstić information content (AvgIpc) is 2.53. The Kier molecular flexibility index (Phi) is 4.40. The lowest BCUT2D eigenvalue weighted by atomic mass is 9.85. The van der Waals surface area contributed by atoms with Crippen LogP contribution in [-0.4, -0.2) is 11.4 Å². The number of nitrogens with zero attached hydrogens (tertiary/aromatic N) is 2. The van der Waals surface area contributed by atoms with E-state index in [9.17, 15) is 4.79 Å². The number of nitrogens with one attached hydrogen (secondary N) is 1. The highest BCUT2D eigenvalue weighted by atomic mass is 16.1. The van der Waals surface area contributed by atoms with E-state index in [-0.39, 0.29) is 11.2 Å². The SMILES string of the molecule is Cc1cccc(N=NC(C(N)=O)=C2NC(C)(C)Cc3ccccc32)c1. The molecule has 5 heteroatoms. The van der Waals surface area contributed by atoms with E-state index in [1.54, 1.807) is 0 Å². The van der Waals surface area contributed by atoms with Crippen LogP contribution in [0.15, 0.2) is 64.5 Å². The van der Waals surface area contributed by atoms with Gasteiger partial charge in [-0.3, -0.25) is 4.79 Å². The second-order valence-corrected chi connectivity index (χ2v) is 6.97. The zero-order valence-corrected chi connectivity index (χ0v) is 14.7. The van der Waals surface area contributed by atoms with Crippen LogP contribution in [0, 0.1) is 6.92 Å². The third-order valence-electron chi connectivity index (χ3n) is 4.12. The number of azo groups is 1. The summed E-state index contributed by atoms with van der Waals surface area (Å²) in [4.78, 5) is 12.1. The molecule has 0 saturated carbocycles. The molecule has 25 heavy (non-hydrogen) atoms. The quantitative estimate of drug-likeness (QED) is 0.660. The monoisotopic (exact) mass is 334 g/mol. The van der Waals surface area contributed by atoms with Gasteiger partial charge in [0.15, 0.2) is 5.70 Å². The van der Waals surface area contributed by atoms with Gasteiger partial charge in [0.25, 0.3) is 5.91 Å². The van der Waals surface area contributed by atoms with Crippen molar-refractivity contribution in [2.75, 3.05) is 0 Å². The minimum Gasteiger partial charge on any atom is -0.377 e. The van der Waals surface area contributed by atoms with Gasteiger partial charge in [-0.05, 0) is 50.5 Å². The molecule has 0 aliphatic carbocycles. The number of primary amides is 1. The molecule has 0 spiro atoms. The Bertz CT molecular complexity index is 881. The van der Waals surface area contributed by atoms with Gasteiger partial charge in [-0.1, -0.05) is 36.4 Å². The molecule has 2 aromatic rings. The number of hydrogen-bond acceptors (Lipinski definition) is 4. The smallest absolute Gasteiger partial charge is 0.271 e. The number of rotatable bonds is 3. The van der Waals surface area contributed by atoms with E-state index in [1.807, 2.05) is 49.4 Å². The Morgan fingerprint density at radius 2 is 1.92 bits per heavy atom. The third kappa shape index (κ3) is 3.76. The minimum absolute atomic E-state index is 0.140. The molecule has 2 aromatic carbocycles. The molecule has 1 aliphatic rings. The standard InChI is InChI=1S/C20H22N4O/c1-13-7-6-9-15(11-13)23-24-18(19(21)25)17-16-10-5-4-8-14(16)12-20(2,3)22-17/h4-11,22H,12H2,1-3H3,(H2,21,25). The first kappa shape index (κ1) is 16.9. The number of carbonyl (C=O) groups excluding carboxylic acids is 1. The van der Waals surface area contributed by atoms with Crippen LogP contribution in [0.2, 0.25) is 0 Å². The van der Waals surface area contributed by atoms with Gasteiger partial charge in [0.1, 0.15) is 0 Å². The van der Waals surface area contributed by atoms with Crippen molar-refractivity contribution >= 4 is 17.3 Å². The summed E-state index contributed by atoms with van der Waals surface area (Å²) in [6, 6.07) is 15.6. The molecular weight excluding hydrogens is 312 g/mol. The molecule has 0 saturated heterocycles. The second-order valence-electron chi connectivity index (χ2n) is 6.97. The lowest BCUT2D eigenvalue weighted by Crippen LogP contribution is -2.44. The van der Waals surface area contributed by atoms with Crippen LogP contribution in [0.4, 0.5) is 5.69 Å². The third-order valence-corrected chi connectivity index (χ3v) is 4.12. The van der Waals surface area contributed by atoms with Gasteiger partial charge in [-0.25, -0.2) is 0 Å². The lowest BCUT2D eigenvalue weighted by Gasteiger charge is -2.35. The summed E-state index contributed by atoms with van der Waals surface area (Å²) < 4.78 is 0. The highest BCUT2D eigenvalue weighted by Crippen LogP contribution is 2.32. The van der Waals surface area contributed by atoms with Crippen LogP contribution < -0.4 is 11.1 Å². The number of aryl methyl sites for hydroxylation is 1. The fourth-order valence-corrected chi connectivity index (χ4v) is 3.05. The molecule has 1 heterocycles. The molecule has 0 bridgehead atoms. The number of hydrogen-bond donors (Lipinski definition) is 2. The van der Waals surface area contributed by atoms with Crippen LogP contribution in [0.5, 0.6) is 0 Å². The highest BCUT2D eigenvalue weighted by molar-refractivity contribution is 6.00. The lowest BCUT2D eigenvalue weighted by molar-refractivity contribution is -0.114. The predicted molar refractivity (Wildman–Crippen MR) is 99.2 cm³/mol. The number of carbonyl (C=O) groups is 1. The zero-order chi connectivity index (χ0) is 18.0. The van der Waals surface area contributed by atoms with E-state index < -0.39 is 5.91 Å². The fourth-order valence-electron chi connectivity index (χ4n) is 3.05. The van der Waals surface area contributed by atoms with Crippen LogP contribution in [0.3, 0.4) is 0 Å². The molecular formula is C20H22N4O. The Labute approximate surface area is 147 Å². The number of amides is 1. The average molecular weight is 334 g/mol. The Morgan fingerprint density at radius 3 is 2.64 bits per heavy atom. The first-order chi connectivity index (χ1) is 11.9. The van der Waals surface area contributed by atoms with Gasteiger partial charge >= 0.3 is 0 Å². The molecule has 0 unspecified atom stereocenters. The Hall–Kier alpha value is -2.95. The molecule has 0 aromatic heterocycles. The number of nitrogens with two attached hydrogens (primary N) is 1. The van der Waals surface area contributed by atoms with E-state index in [4.69, 9.17) is 5.73 Å². The molecule has 5 nitrogen and oxygen atoms in total. The van der Waals surface area contributed by atoms with Gasteiger partial charge in [0, 0.05) is 11.1 Å². The normalized spacial score (nSPS) is 17.7. The van der Waals surface area contributed by atoms with Crippen molar-refractivity contribution in [2.45, 2.75) is 32.7 Å². The van der Waals surface area contributed by atoms with Crippen LogP contribution in [0.1, 0.15) is 30.5 Å². The summed E-state index contributed by atoms with van der Waals surface area (Å²) in [5.41, 5.74) is 10.0. The van der Waals surface area contributed by atoms with Crippen molar-refractivity contribution in [3.63, 3.8) is 0 Å². The zero-order valence-electron chi connectivity index (χ0n) is 14.7. The molecule has 3 N–H and O–H groups in total. The molecule has 1 aliphatic heterocycles. The second kappa shape index (κ2) is 6.51. The predicted octanol–water partition coefficient (Wildman–Crippen LogP) is 3.86. The molecule has 3 rings (SSSR count). The van der Waals surface area contributed by atoms with Crippen molar-refractivity contribution in [2.24, 2.45) is 16.0 Å². The van der Waals surface area contributed by atoms with Crippen molar-refractivity contribution in [3.05, 3.63) is 70.9 Å². The Balaban J connectivity index is 2.11. The van der Waals surface area contributed by atoms with Gasteiger partial charge in [0.2, 0.25) is 0 Å². The van der Waals surface area contributed by atoms with Crippen LogP contribution in [0.25, 0.3) is 5.70 Å². The number of benzene rings is 2. The molecule has 128 valence electrons. The van der Waals surface area contributed by atoms with Crippen molar-refractivity contribution in [1.82, 2.24) is 5.32 Å². The summed E-state index contributed by atoms with van der Waals surface area (Å²) in [6.07, 6.45) is 0.855. The summed E-state index contributed by atoms with van der Waals surface area (Å²) >= 11 is 0. The minimum atomic E-state index is -0.605. The summed E-state index contributed by atoms with van der Waals surface area (Å²) in [5.74, 6) is -0.605. The Morgan fingerprint density at radius 1 is 1.16 bits per heavy atom. The van der Waals surface area contributed by atoms with E-state index in [1.165, 1.54) is 0 Å². The van der Waals surface area contributed by atoms with Crippen molar-refractivity contribution in [3.8, 4) is 0 Å². The molecule has 0 atom stereocenters.